The van der Waals surface area contributed by atoms with E-state index in [0.29, 0.717) is 0 Å². The second kappa shape index (κ2) is 7.72. The van der Waals surface area contributed by atoms with E-state index in [1.165, 1.54) is 6.08 Å². The molecule has 0 radical (unpaired) electrons. The highest BCUT2D eigenvalue weighted by Crippen LogP contribution is 2.05. The van der Waals surface area contributed by atoms with Crippen LogP contribution in [0.2, 0.25) is 6.04 Å². The molecule has 0 aliphatic heterocycles. The number of ether oxygens (including phenoxy) is 2. The van der Waals surface area contributed by atoms with Crippen molar-refractivity contribution in [1.82, 2.24) is 0 Å². The highest BCUT2D eigenvalue weighted by Gasteiger charge is 2.25. The summed E-state index contributed by atoms with van der Waals surface area (Å²) in [6.07, 6.45) is 3.05. The average molecular weight is 218 g/mol. The summed E-state index contributed by atoms with van der Waals surface area (Å²) in [4.78, 5) is 11.2. The molecule has 1 unspecified atom stereocenters. The van der Waals surface area contributed by atoms with Gasteiger partial charge in [-0.3, -0.25) is 0 Å². The predicted octanol–water partition coefficient (Wildman–Crippen LogP) is 1.01. The summed E-state index contributed by atoms with van der Waals surface area (Å²) in [6, 6.07) is 0.787. The molecule has 0 saturated heterocycles. The summed E-state index contributed by atoms with van der Waals surface area (Å²) in [5.41, 5.74) is 0. The van der Waals surface area contributed by atoms with Crippen LogP contribution in [0.5, 0.6) is 0 Å². The van der Waals surface area contributed by atoms with Crippen molar-refractivity contribution in [3.63, 3.8) is 0 Å². The van der Waals surface area contributed by atoms with Crippen LogP contribution in [0.25, 0.3) is 0 Å². The van der Waals surface area contributed by atoms with E-state index in [1.807, 2.05) is 6.92 Å². The van der Waals surface area contributed by atoms with E-state index in [2.05, 4.69) is 0 Å². The molecule has 0 aromatic carbocycles. The molecule has 0 aliphatic rings. The Balaban J connectivity index is 4.19. The first-order valence-corrected chi connectivity index (χ1v) is 6.53. The second-order valence-corrected chi connectivity index (χ2v) is 5.40. The number of carbonyl (C=O) groups excluding carboxylic acids is 1. The molecule has 1 atom stereocenters. The quantitative estimate of drug-likeness (QED) is 0.379. The zero-order valence-electron chi connectivity index (χ0n) is 9.15. The summed E-state index contributed by atoms with van der Waals surface area (Å²) in [6.45, 7) is 3.73. The summed E-state index contributed by atoms with van der Waals surface area (Å²) in [5, 5.41) is 0. The number of allylic oxidation sites excluding steroid dienone is 1. The van der Waals surface area contributed by atoms with Gasteiger partial charge in [0.25, 0.3) is 9.04 Å². The Morgan fingerprint density at radius 1 is 1.43 bits per heavy atom. The molecule has 0 heterocycles. The van der Waals surface area contributed by atoms with Gasteiger partial charge in [-0.2, -0.15) is 0 Å². The normalized spacial score (nSPS) is 13.5. The minimum absolute atomic E-state index is 0.315. The third-order valence-corrected chi connectivity index (χ3v) is 4.23. The largest absolute Gasteiger partial charge is 0.513 e. The fourth-order valence-electron chi connectivity index (χ4n) is 1.06. The molecule has 14 heavy (non-hydrogen) atoms. The minimum Gasteiger partial charge on any atom is -0.513 e. The van der Waals surface area contributed by atoms with Crippen molar-refractivity contribution in [3.8, 4) is 0 Å². The van der Waals surface area contributed by atoms with Crippen LogP contribution >= 0.6 is 0 Å². The molecule has 0 rings (SSSR count). The first kappa shape index (κ1) is 13.3. The number of carbonyl (C=O) groups is 1. The summed E-state index contributed by atoms with van der Waals surface area (Å²) < 4.78 is 15.4. The molecule has 0 aromatic rings. The monoisotopic (exact) mass is 218 g/mol. The zero-order chi connectivity index (χ0) is 11.0. The van der Waals surface area contributed by atoms with E-state index in [9.17, 15) is 4.79 Å². The Morgan fingerprint density at radius 2 is 2.00 bits per heavy atom. The lowest BCUT2D eigenvalue weighted by Gasteiger charge is -2.21. The zero-order valence-corrected chi connectivity index (χ0v) is 10.3. The van der Waals surface area contributed by atoms with Crippen LogP contribution in [0.15, 0.2) is 12.2 Å². The van der Waals surface area contributed by atoms with Gasteiger partial charge in [-0.05, 0) is 13.0 Å². The van der Waals surface area contributed by atoms with E-state index in [4.69, 9.17) is 13.9 Å². The van der Waals surface area contributed by atoms with Crippen LogP contribution in [-0.4, -0.2) is 35.1 Å². The van der Waals surface area contributed by atoms with Crippen molar-refractivity contribution in [3.05, 3.63) is 12.2 Å². The van der Waals surface area contributed by atoms with Crippen molar-refractivity contribution < 1.29 is 18.7 Å². The van der Waals surface area contributed by atoms with Gasteiger partial charge in [0.1, 0.15) is 0 Å². The van der Waals surface area contributed by atoms with Crippen LogP contribution in [-0.2, 0) is 18.7 Å². The molecule has 5 heteroatoms. The lowest BCUT2D eigenvalue weighted by molar-refractivity contribution is -0.131. The highest BCUT2D eigenvalue weighted by atomic mass is 28.3. The second-order valence-electron chi connectivity index (χ2n) is 2.72. The van der Waals surface area contributed by atoms with Crippen LogP contribution in [0.3, 0.4) is 0 Å². The molecule has 0 fully saturated rings. The maximum atomic E-state index is 11.2. The van der Waals surface area contributed by atoms with E-state index in [-0.39, 0.29) is 11.9 Å². The Bertz CT molecular complexity index is 189. The lowest BCUT2D eigenvalue weighted by Crippen LogP contribution is -2.37. The first-order valence-electron chi connectivity index (χ1n) is 4.58. The fourth-order valence-corrected chi connectivity index (χ4v) is 2.70. The average Bonchev–Trinajstić information content (AvgIpc) is 2.18. The third kappa shape index (κ3) is 4.55. The van der Waals surface area contributed by atoms with Crippen LogP contribution < -0.4 is 0 Å². The van der Waals surface area contributed by atoms with E-state index in [1.54, 1.807) is 27.2 Å². The van der Waals surface area contributed by atoms with Crippen molar-refractivity contribution >= 4 is 15.0 Å². The number of hydrogen-bond donors (Lipinski definition) is 0. The van der Waals surface area contributed by atoms with Crippen molar-refractivity contribution in [1.29, 1.82) is 0 Å². The third-order valence-electron chi connectivity index (χ3n) is 1.74. The Labute approximate surface area is 86.6 Å². The topological polar surface area (TPSA) is 44.8 Å². The Hall–Kier alpha value is -0.653. The van der Waals surface area contributed by atoms with Crippen molar-refractivity contribution in [2.24, 2.45) is 0 Å². The van der Waals surface area contributed by atoms with E-state index in [0.717, 1.165) is 6.04 Å². The Morgan fingerprint density at radius 3 is 2.36 bits per heavy atom. The van der Waals surface area contributed by atoms with Gasteiger partial charge < -0.3 is 13.9 Å². The molecule has 0 N–H and O–H groups in total. The molecule has 0 saturated carbocycles. The lowest BCUT2D eigenvalue weighted by atomic mass is 10.5. The van der Waals surface area contributed by atoms with Gasteiger partial charge in [0.2, 0.25) is 0 Å². The van der Waals surface area contributed by atoms with Gasteiger partial charge in [-0.25, -0.2) is 4.79 Å². The molecule has 82 valence electrons. The summed E-state index contributed by atoms with van der Waals surface area (Å²) >= 11 is 0. The molecule has 4 nitrogen and oxygen atoms in total. The summed E-state index contributed by atoms with van der Waals surface area (Å²) in [7, 11) is 1.34. The van der Waals surface area contributed by atoms with Gasteiger partial charge in [-0.1, -0.05) is 13.0 Å². The van der Waals surface area contributed by atoms with Gasteiger partial charge >= 0.3 is 5.97 Å². The molecule has 0 aliphatic carbocycles. The fraction of sp³-hybridized carbons (Fsp3) is 0.667. The first-order chi connectivity index (χ1) is 6.69. The highest BCUT2D eigenvalue weighted by molar-refractivity contribution is 6.54. The van der Waals surface area contributed by atoms with Crippen LogP contribution in [0.1, 0.15) is 13.8 Å². The molecule has 0 spiro atoms. The van der Waals surface area contributed by atoms with E-state index < -0.39 is 9.04 Å². The molecular formula is C9H18O4Si. The molecule has 0 aromatic heterocycles. The van der Waals surface area contributed by atoms with Gasteiger partial charge in [0.15, 0.2) is 5.91 Å². The smallest absolute Gasteiger partial charge is 0.317 e. The summed E-state index contributed by atoms with van der Waals surface area (Å²) in [5.74, 6) is -0.681. The molecule has 0 amide bonds. The maximum absolute atomic E-state index is 11.2. The SMILES string of the molecule is CC=CC(=O)O[SiH](CC)C(OC)OC. The predicted molar refractivity (Wildman–Crippen MR) is 56.3 cm³/mol. The number of rotatable bonds is 6. The Kier molecular flexibility index (Phi) is 7.36. The van der Waals surface area contributed by atoms with Crippen LogP contribution in [0.4, 0.5) is 0 Å². The molecule has 0 bridgehead atoms. The van der Waals surface area contributed by atoms with Gasteiger partial charge in [0, 0.05) is 20.3 Å². The number of methoxy groups -OCH3 is 2. The van der Waals surface area contributed by atoms with Crippen molar-refractivity contribution in [2.45, 2.75) is 25.8 Å². The van der Waals surface area contributed by atoms with E-state index >= 15 is 0 Å². The van der Waals surface area contributed by atoms with Crippen molar-refractivity contribution in [2.75, 3.05) is 14.2 Å². The number of hydrogen-bond acceptors (Lipinski definition) is 4. The standard InChI is InChI=1S/C9H18O4Si/c1-5-7-8(10)13-14(6-2)9(11-3)12-4/h5,7,9,14H,6H2,1-4H3. The van der Waals surface area contributed by atoms with Crippen LogP contribution in [0, 0.1) is 0 Å². The van der Waals surface area contributed by atoms with Gasteiger partial charge in [0.05, 0.1) is 0 Å². The maximum Gasteiger partial charge on any atom is 0.317 e. The van der Waals surface area contributed by atoms with Gasteiger partial charge in [-0.15, -0.1) is 0 Å². The minimum atomic E-state index is -1.76. The molecular weight excluding hydrogens is 200 g/mol.